The molecule has 0 aliphatic carbocycles. The zero-order chi connectivity index (χ0) is 17.2. The summed E-state index contributed by atoms with van der Waals surface area (Å²) in [7, 11) is 0. The van der Waals surface area contributed by atoms with E-state index in [2.05, 4.69) is 58.4 Å². The fraction of sp³-hybridized carbons (Fsp3) is 0. The van der Waals surface area contributed by atoms with Crippen LogP contribution in [-0.2, 0) is 0 Å². The number of aromatic nitrogens is 2. The van der Waals surface area contributed by atoms with Gasteiger partial charge in [-0.1, -0.05) is 44.0 Å². The third-order valence-electron chi connectivity index (χ3n) is 3.66. The van der Waals surface area contributed by atoms with Crippen molar-refractivity contribution in [2.75, 3.05) is 5.43 Å². The van der Waals surface area contributed by atoms with Crippen molar-refractivity contribution in [1.29, 1.82) is 0 Å². The minimum Gasteiger partial charge on any atom is -0.361 e. The third-order valence-corrected chi connectivity index (χ3v) is 5.40. The number of halogens is 2. The Balaban J connectivity index is 1.51. The Morgan fingerprint density at radius 3 is 2.88 bits per heavy atom. The van der Waals surface area contributed by atoms with Crippen LogP contribution in [0.3, 0.4) is 0 Å². The predicted molar refractivity (Wildman–Crippen MR) is 112 cm³/mol. The van der Waals surface area contributed by atoms with E-state index in [1.165, 1.54) is 11.3 Å². The van der Waals surface area contributed by atoms with E-state index in [1.807, 2.05) is 48.0 Å². The van der Waals surface area contributed by atoms with Crippen LogP contribution in [-0.4, -0.2) is 16.2 Å². The first kappa shape index (κ1) is 16.5. The van der Waals surface area contributed by atoms with Crippen molar-refractivity contribution in [3.63, 3.8) is 0 Å². The summed E-state index contributed by atoms with van der Waals surface area (Å²) in [4.78, 5) is 7.81. The van der Waals surface area contributed by atoms with Gasteiger partial charge in [-0.2, -0.15) is 5.10 Å². The number of benzene rings is 2. The van der Waals surface area contributed by atoms with Crippen molar-refractivity contribution in [2.24, 2.45) is 5.10 Å². The minimum atomic E-state index is 0.757. The van der Waals surface area contributed by atoms with Crippen molar-refractivity contribution in [1.82, 2.24) is 9.97 Å². The molecule has 0 atom stereocenters. The largest absolute Gasteiger partial charge is 0.361 e. The van der Waals surface area contributed by atoms with E-state index in [9.17, 15) is 0 Å². The van der Waals surface area contributed by atoms with Gasteiger partial charge in [-0.15, -0.1) is 11.3 Å². The second-order valence-corrected chi connectivity index (χ2v) is 8.04. The fourth-order valence-electron chi connectivity index (χ4n) is 2.48. The van der Waals surface area contributed by atoms with Gasteiger partial charge in [-0.05, 0) is 30.3 Å². The predicted octanol–water partition coefficient (Wildman–Crippen LogP) is 6.26. The highest BCUT2D eigenvalue weighted by molar-refractivity contribution is 9.10. The first-order valence-corrected chi connectivity index (χ1v) is 9.93. The lowest BCUT2D eigenvalue weighted by Gasteiger charge is -1.97. The molecule has 0 aliphatic rings. The van der Waals surface area contributed by atoms with Crippen LogP contribution in [0.15, 0.2) is 68.1 Å². The number of hydrazone groups is 1. The van der Waals surface area contributed by atoms with E-state index >= 15 is 0 Å². The molecule has 2 heterocycles. The number of hydrogen-bond donors (Lipinski definition) is 2. The molecule has 0 saturated carbocycles. The van der Waals surface area contributed by atoms with Crippen LogP contribution in [0.4, 0.5) is 5.13 Å². The topological polar surface area (TPSA) is 53.1 Å². The Bertz CT molecular complexity index is 1070. The molecule has 0 fully saturated rings. The van der Waals surface area contributed by atoms with Gasteiger partial charge in [0.2, 0.25) is 5.13 Å². The van der Waals surface area contributed by atoms with E-state index in [1.54, 1.807) is 6.21 Å². The van der Waals surface area contributed by atoms with Crippen LogP contribution in [0.1, 0.15) is 5.56 Å². The second kappa shape index (κ2) is 7.11. The molecule has 25 heavy (non-hydrogen) atoms. The third kappa shape index (κ3) is 3.68. The van der Waals surface area contributed by atoms with Crippen LogP contribution >= 0.6 is 43.2 Å². The number of fused-ring (bicyclic) bond motifs is 1. The Kier molecular flexibility index (Phi) is 4.70. The molecule has 0 amide bonds. The summed E-state index contributed by atoms with van der Waals surface area (Å²) in [5.74, 6) is 0. The average molecular weight is 476 g/mol. The monoisotopic (exact) mass is 474 g/mol. The number of thiazole rings is 1. The molecule has 2 N–H and O–H groups in total. The van der Waals surface area contributed by atoms with E-state index in [4.69, 9.17) is 0 Å². The maximum absolute atomic E-state index is 4.57. The maximum atomic E-state index is 4.57. The lowest BCUT2D eigenvalue weighted by molar-refractivity contribution is 1.29. The first-order chi connectivity index (χ1) is 12.2. The molecule has 4 nitrogen and oxygen atoms in total. The van der Waals surface area contributed by atoms with Gasteiger partial charge in [0.05, 0.1) is 11.9 Å². The summed E-state index contributed by atoms with van der Waals surface area (Å²) in [5.41, 5.74) is 7.11. The van der Waals surface area contributed by atoms with Gasteiger partial charge < -0.3 is 4.98 Å². The molecule has 4 rings (SSSR count). The molecule has 7 heteroatoms. The number of H-pyrrole nitrogens is 1. The molecule has 0 saturated heterocycles. The van der Waals surface area contributed by atoms with Crippen LogP contribution in [0, 0.1) is 0 Å². The molecular formula is C18H12Br2N4S. The smallest absolute Gasteiger partial charge is 0.203 e. The molecule has 0 radical (unpaired) electrons. The van der Waals surface area contributed by atoms with Crippen molar-refractivity contribution in [2.45, 2.75) is 0 Å². The molecule has 4 aromatic rings. The van der Waals surface area contributed by atoms with Crippen molar-refractivity contribution in [3.8, 4) is 11.3 Å². The maximum Gasteiger partial charge on any atom is 0.203 e. The van der Waals surface area contributed by atoms with Gasteiger partial charge in [0, 0.05) is 42.6 Å². The summed E-state index contributed by atoms with van der Waals surface area (Å²) in [6, 6.07) is 14.2. The highest BCUT2D eigenvalue weighted by atomic mass is 79.9. The van der Waals surface area contributed by atoms with E-state index in [0.717, 1.165) is 41.8 Å². The minimum absolute atomic E-state index is 0.757. The highest BCUT2D eigenvalue weighted by Gasteiger charge is 2.05. The van der Waals surface area contributed by atoms with Crippen LogP contribution < -0.4 is 5.43 Å². The summed E-state index contributed by atoms with van der Waals surface area (Å²) in [6.45, 7) is 0. The van der Waals surface area contributed by atoms with Crippen LogP contribution in [0.5, 0.6) is 0 Å². The number of rotatable bonds is 4. The number of hydrogen-bond acceptors (Lipinski definition) is 4. The number of aromatic amines is 1. The van der Waals surface area contributed by atoms with Gasteiger partial charge in [0.1, 0.15) is 0 Å². The summed E-state index contributed by atoms with van der Waals surface area (Å²) in [6.07, 6.45) is 3.74. The summed E-state index contributed by atoms with van der Waals surface area (Å²) < 4.78 is 2.08. The zero-order valence-electron chi connectivity index (χ0n) is 12.8. The van der Waals surface area contributed by atoms with Crippen LogP contribution in [0.2, 0.25) is 0 Å². The fourth-order valence-corrected chi connectivity index (χ4v) is 3.91. The Hall–Kier alpha value is -1.96. The molecule has 0 unspecified atom stereocenters. The highest BCUT2D eigenvalue weighted by Crippen LogP contribution is 2.27. The SMILES string of the molecule is Brc1cccc(-c2csc(N/N=C/c3c[nH]c4ccc(Br)cc34)n2)c1. The summed E-state index contributed by atoms with van der Waals surface area (Å²) in [5, 5.41) is 8.21. The molecular weight excluding hydrogens is 464 g/mol. The zero-order valence-corrected chi connectivity index (χ0v) is 16.8. The normalized spacial score (nSPS) is 11.4. The molecule has 0 bridgehead atoms. The van der Waals surface area contributed by atoms with Gasteiger partial charge in [-0.25, -0.2) is 4.98 Å². The molecule has 124 valence electrons. The first-order valence-electron chi connectivity index (χ1n) is 7.46. The van der Waals surface area contributed by atoms with Crippen molar-refractivity contribution >= 4 is 65.4 Å². The van der Waals surface area contributed by atoms with Gasteiger partial charge >= 0.3 is 0 Å². The van der Waals surface area contributed by atoms with Gasteiger partial charge in [0.15, 0.2) is 0 Å². The Labute approximate surface area is 165 Å². The van der Waals surface area contributed by atoms with Crippen molar-refractivity contribution < 1.29 is 0 Å². The number of nitrogens with zero attached hydrogens (tertiary/aromatic N) is 2. The van der Waals surface area contributed by atoms with Gasteiger partial charge in [-0.3, -0.25) is 5.43 Å². The molecule has 0 aliphatic heterocycles. The van der Waals surface area contributed by atoms with E-state index in [-0.39, 0.29) is 0 Å². The van der Waals surface area contributed by atoms with E-state index in [0.29, 0.717) is 0 Å². The second-order valence-electron chi connectivity index (χ2n) is 5.35. The average Bonchev–Trinajstić information content (AvgIpc) is 3.22. The quantitative estimate of drug-likeness (QED) is 0.270. The Morgan fingerprint density at radius 1 is 1.12 bits per heavy atom. The Morgan fingerprint density at radius 2 is 2.00 bits per heavy atom. The lowest BCUT2D eigenvalue weighted by atomic mass is 10.2. The standard InChI is InChI=1S/C18H12Br2N4S/c19-13-3-1-2-11(6-13)17-10-25-18(23-17)24-22-9-12-8-21-16-5-4-14(20)7-15(12)16/h1-10,21H,(H,23,24)/b22-9+. The molecule has 0 spiro atoms. The number of nitrogens with one attached hydrogen (secondary N) is 2. The lowest BCUT2D eigenvalue weighted by Crippen LogP contribution is -1.89. The van der Waals surface area contributed by atoms with Gasteiger partial charge in [0.25, 0.3) is 0 Å². The molecule has 2 aromatic carbocycles. The summed E-state index contributed by atoms with van der Waals surface area (Å²) >= 11 is 8.51. The van der Waals surface area contributed by atoms with Crippen LogP contribution in [0.25, 0.3) is 22.2 Å². The van der Waals surface area contributed by atoms with E-state index < -0.39 is 0 Å². The number of anilines is 1. The van der Waals surface area contributed by atoms with Crippen molar-refractivity contribution in [3.05, 3.63) is 68.6 Å². The molecule has 2 aromatic heterocycles.